The van der Waals surface area contributed by atoms with Crippen molar-refractivity contribution in [3.05, 3.63) is 46.8 Å². The second kappa shape index (κ2) is 5.86. The quantitative estimate of drug-likeness (QED) is 0.895. The van der Waals surface area contributed by atoms with Gasteiger partial charge in [0.1, 0.15) is 11.5 Å². The van der Waals surface area contributed by atoms with Crippen molar-refractivity contribution in [3.8, 4) is 5.75 Å². The molecule has 18 heavy (non-hydrogen) atoms. The summed E-state index contributed by atoms with van der Waals surface area (Å²) in [6, 6.07) is 8.27. The van der Waals surface area contributed by atoms with E-state index in [1.807, 2.05) is 0 Å². The van der Waals surface area contributed by atoms with Crippen molar-refractivity contribution >= 4 is 21.6 Å². The van der Waals surface area contributed by atoms with Crippen molar-refractivity contribution in [1.82, 2.24) is 0 Å². The summed E-state index contributed by atoms with van der Waals surface area (Å²) in [6.07, 6.45) is 1.54. The third kappa shape index (κ3) is 3.22. The molecule has 0 aliphatic rings. The van der Waals surface area contributed by atoms with Crippen molar-refractivity contribution in [3.63, 3.8) is 0 Å². The topological polar surface area (TPSA) is 34.4 Å². The lowest BCUT2D eigenvalue weighted by Gasteiger charge is -2.11. The number of halogens is 3. The molecule has 0 saturated carbocycles. The first kappa shape index (κ1) is 12.9. The second-order valence-corrected chi connectivity index (χ2v) is 4.27. The first-order chi connectivity index (χ1) is 8.66. The molecular formula is C12H10BrF2NO2. The van der Waals surface area contributed by atoms with Gasteiger partial charge in [0, 0.05) is 0 Å². The van der Waals surface area contributed by atoms with Crippen LogP contribution in [0.4, 0.5) is 14.5 Å². The van der Waals surface area contributed by atoms with Crippen molar-refractivity contribution in [2.24, 2.45) is 0 Å². The summed E-state index contributed by atoms with van der Waals surface area (Å²) in [5.74, 6) is 0.789. The lowest BCUT2D eigenvalue weighted by atomic mass is 10.3. The molecule has 0 atom stereocenters. The molecule has 0 unspecified atom stereocenters. The zero-order valence-corrected chi connectivity index (χ0v) is 10.8. The normalized spacial score (nSPS) is 10.7. The van der Waals surface area contributed by atoms with Gasteiger partial charge in [-0.1, -0.05) is 12.1 Å². The molecule has 1 aromatic heterocycles. The van der Waals surface area contributed by atoms with E-state index in [0.29, 0.717) is 18.0 Å². The third-order valence-corrected chi connectivity index (χ3v) is 2.94. The minimum atomic E-state index is -2.84. The Morgan fingerprint density at radius 1 is 1.28 bits per heavy atom. The fourth-order valence-corrected chi connectivity index (χ4v) is 1.78. The number of para-hydroxylation sites is 2. The average Bonchev–Trinajstić information content (AvgIpc) is 2.73. The van der Waals surface area contributed by atoms with Crippen molar-refractivity contribution in [2.45, 2.75) is 13.2 Å². The fourth-order valence-electron chi connectivity index (χ4n) is 1.44. The molecule has 0 bridgehead atoms. The van der Waals surface area contributed by atoms with Crippen LogP contribution in [-0.2, 0) is 6.54 Å². The standard InChI is InChI=1S/C12H10BrF2NO2/c13-8-5-6-17-11(8)7-16-9-3-1-2-4-10(9)18-12(14)15/h1-6,12,16H,7H2. The lowest BCUT2D eigenvalue weighted by Crippen LogP contribution is -2.06. The van der Waals surface area contributed by atoms with E-state index in [0.717, 1.165) is 4.47 Å². The van der Waals surface area contributed by atoms with Gasteiger partial charge in [-0.05, 0) is 34.1 Å². The van der Waals surface area contributed by atoms with Gasteiger partial charge in [-0.25, -0.2) is 0 Å². The van der Waals surface area contributed by atoms with Gasteiger partial charge in [-0.2, -0.15) is 8.78 Å². The molecule has 6 heteroatoms. The molecule has 1 N–H and O–H groups in total. The third-order valence-electron chi connectivity index (χ3n) is 2.23. The average molecular weight is 318 g/mol. The highest BCUT2D eigenvalue weighted by Gasteiger charge is 2.10. The first-order valence-corrected chi connectivity index (χ1v) is 5.95. The van der Waals surface area contributed by atoms with Crippen LogP contribution in [0.25, 0.3) is 0 Å². The molecule has 0 aliphatic heterocycles. The SMILES string of the molecule is FC(F)Oc1ccccc1NCc1occc1Br. The van der Waals surface area contributed by atoms with E-state index >= 15 is 0 Å². The highest BCUT2D eigenvalue weighted by Crippen LogP contribution is 2.27. The van der Waals surface area contributed by atoms with E-state index in [1.165, 1.54) is 6.07 Å². The smallest absolute Gasteiger partial charge is 0.387 e. The summed E-state index contributed by atoms with van der Waals surface area (Å²) < 4.78 is 34.8. The van der Waals surface area contributed by atoms with Gasteiger partial charge in [-0.3, -0.25) is 0 Å². The Labute approximate surface area is 111 Å². The maximum absolute atomic E-state index is 12.2. The number of ether oxygens (including phenoxy) is 1. The molecule has 0 spiro atoms. The number of anilines is 1. The molecule has 0 saturated heterocycles. The number of alkyl halides is 2. The number of hydrogen-bond donors (Lipinski definition) is 1. The van der Waals surface area contributed by atoms with Gasteiger partial charge in [0.05, 0.1) is 23.0 Å². The Morgan fingerprint density at radius 2 is 2.06 bits per heavy atom. The molecule has 0 radical (unpaired) electrons. The number of hydrogen-bond acceptors (Lipinski definition) is 3. The summed E-state index contributed by atoms with van der Waals surface area (Å²) in [5, 5.41) is 2.98. The monoisotopic (exact) mass is 317 g/mol. The van der Waals surface area contributed by atoms with E-state index in [9.17, 15) is 8.78 Å². The van der Waals surface area contributed by atoms with Gasteiger partial charge >= 0.3 is 6.61 Å². The number of rotatable bonds is 5. The molecule has 1 aromatic carbocycles. The molecule has 0 fully saturated rings. The molecule has 2 aromatic rings. The Kier molecular flexibility index (Phi) is 4.19. The van der Waals surface area contributed by atoms with Crippen LogP contribution in [0.15, 0.2) is 45.5 Å². The number of nitrogens with one attached hydrogen (secondary N) is 1. The van der Waals surface area contributed by atoms with Crippen LogP contribution in [0.5, 0.6) is 5.75 Å². The van der Waals surface area contributed by atoms with Crippen LogP contribution in [0.1, 0.15) is 5.76 Å². The minimum Gasteiger partial charge on any atom is -0.466 e. The van der Waals surface area contributed by atoms with Gasteiger partial charge < -0.3 is 14.5 Å². The number of benzene rings is 1. The summed E-state index contributed by atoms with van der Waals surface area (Å²) in [4.78, 5) is 0. The van der Waals surface area contributed by atoms with Gasteiger partial charge in [0.2, 0.25) is 0 Å². The largest absolute Gasteiger partial charge is 0.466 e. The van der Waals surface area contributed by atoms with Gasteiger partial charge in [0.25, 0.3) is 0 Å². The Morgan fingerprint density at radius 3 is 2.72 bits per heavy atom. The van der Waals surface area contributed by atoms with Crippen molar-refractivity contribution in [2.75, 3.05) is 5.32 Å². The highest BCUT2D eigenvalue weighted by atomic mass is 79.9. The predicted octanol–water partition coefficient (Wildman–Crippen LogP) is 4.26. The Bertz CT molecular complexity index is 516. The van der Waals surface area contributed by atoms with Crippen LogP contribution >= 0.6 is 15.9 Å². The summed E-state index contributed by atoms with van der Waals surface area (Å²) in [5.41, 5.74) is 0.487. The van der Waals surface area contributed by atoms with E-state index < -0.39 is 6.61 Å². The zero-order valence-electron chi connectivity index (χ0n) is 9.20. The molecule has 1 heterocycles. The van der Waals surface area contributed by atoms with E-state index in [2.05, 4.69) is 26.0 Å². The Hall–Kier alpha value is -1.56. The van der Waals surface area contributed by atoms with Gasteiger partial charge in [0.15, 0.2) is 0 Å². The summed E-state index contributed by atoms with van der Waals surface area (Å²) in [7, 11) is 0. The summed E-state index contributed by atoms with van der Waals surface area (Å²) in [6.45, 7) is -2.47. The van der Waals surface area contributed by atoms with Crippen LogP contribution in [0.2, 0.25) is 0 Å². The van der Waals surface area contributed by atoms with Crippen molar-refractivity contribution in [1.29, 1.82) is 0 Å². The first-order valence-electron chi connectivity index (χ1n) is 5.16. The van der Waals surface area contributed by atoms with Crippen LogP contribution in [0.3, 0.4) is 0 Å². The lowest BCUT2D eigenvalue weighted by molar-refractivity contribution is -0.0493. The molecule has 2 rings (SSSR count). The highest BCUT2D eigenvalue weighted by molar-refractivity contribution is 9.10. The minimum absolute atomic E-state index is 0.107. The van der Waals surface area contributed by atoms with Crippen LogP contribution < -0.4 is 10.1 Å². The maximum atomic E-state index is 12.2. The molecule has 96 valence electrons. The fraction of sp³-hybridized carbons (Fsp3) is 0.167. The van der Waals surface area contributed by atoms with Gasteiger partial charge in [-0.15, -0.1) is 0 Å². The summed E-state index contributed by atoms with van der Waals surface area (Å²) >= 11 is 3.31. The molecule has 0 amide bonds. The number of furan rings is 1. The predicted molar refractivity (Wildman–Crippen MR) is 66.8 cm³/mol. The molecule has 0 aliphatic carbocycles. The van der Waals surface area contributed by atoms with E-state index in [1.54, 1.807) is 30.5 Å². The van der Waals surface area contributed by atoms with Crippen LogP contribution in [-0.4, -0.2) is 6.61 Å². The molecular weight excluding hydrogens is 308 g/mol. The molecule has 3 nitrogen and oxygen atoms in total. The van der Waals surface area contributed by atoms with E-state index in [4.69, 9.17) is 4.42 Å². The zero-order chi connectivity index (χ0) is 13.0. The maximum Gasteiger partial charge on any atom is 0.387 e. The Balaban J connectivity index is 2.07. The van der Waals surface area contributed by atoms with Crippen LogP contribution in [0, 0.1) is 0 Å². The van der Waals surface area contributed by atoms with E-state index in [-0.39, 0.29) is 5.75 Å². The van der Waals surface area contributed by atoms with Crippen molar-refractivity contribution < 1.29 is 17.9 Å². The second-order valence-electron chi connectivity index (χ2n) is 3.42.